The molecular weight excluding hydrogens is 507 g/mol. The van der Waals surface area contributed by atoms with Gasteiger partial charge in [0.15, 0.2) is 0 Å². The molecule has 2 aliphatic heterocycles. The van der Waals surface area contributed by atoms with E-state index in [4.69, 9.17) is 22.1 Å². The number of halogens is 2. The molecule has 3 N–H and O–H groups in total. The number of dihydropyridines is 1. The van der Waals surface area contributed by atoms with Crippen molar-refractivity contribution < 1.29 is 30.8 Å². The first-order chi connectivity index (χ1) is 16.0. The van der Waals surface area contributed by atoms with Crippen LogP contribution < -0.4 is 11.1 Å². The molecule has 2 aromatic rings. The molecule has 0 unspecified atom stereocenters. The Balaban J connectivity index is 2.21. The van der Waals surface area contributed by atoms with E-state index in [0.29, 0.717) is 0 Å². The molecule has 12 heteroatoms. The van der Waals surface area contributed by atoms with E-state index >= 15 is 4.39 Å². The lowest BCUT2D eigenvalue weighted by Crippen LogP contribution is -2.29. The summed E-state index contributed by atoms with van der Waals surface area (Å²) in [4.78, 5) is 11.4. The molecule has 0 saturated carbocycles. The number of esters is 1. The first-order valence-electron chi connectivity index (χ1n) is 9.86. The molecule has 2 aliphatic rings. The van der Waals surface area contributed by atoms with E-state index in [2.05, 4.69) is 5.32 Å². The van der Waals surface area contributed by atoms with Crippen molar-refractivity contribution in [3.05, 3.63) is 86.1 Å². The van der Waals surface area contributed by atoms with Crippen LogP contribution in [0.4, 0.5) is 4.39 Å². The molecule has 2 heterocycles. The number of allylic oxidation sites excluding steroid dienone is 1. The average Bonchev–Trinajstić information content (AvgIpc) is 2.82. The summed E-state index contributed by atoms with van der Waals surface area (Å²) >= 11 is 6.28. The standard InChI is InChI=1S/C22H18ClFN2O6S2/c1-12-18(22(27)32-10-9-25)20(19-13(23)5-4-6-14(19)24)21-15(26-12)11-33(28,29)16-7-2-3-8-17(16)34(21,30)31/h2-8,11,26H,9-10,25H2,1H3. The summed E-state index contributed by atoms with van der Waals surface area (Å²) in [5, 5.41) is 3.24. The van der Waals surface area contributed by atoms with Crippen molar-refractivity contribution in [2.75, 3.05) is 13.2 Å². The second-order valence-electron chi connectivity index (χ2n) is 7.38. The van der Waals surface area contributed by atoms with Gasteiger partial charge in [-0.05, 0) is 31.2 Å². The molecule has 2 aromatic carbocycles. The second kappa shape index (κ2) is 8.66. The molecule has 8 nitrogen and oxygen atoms in total. The number of nitrogens with one attached hydrogen (secondary N) is 1. The van der Waals surface area contributed by atoms with Gasteiger partial charge in [-0.25, -0.2) is 26.0 Å². The molecule has 0 amide bonds. The Labute approximate surface area is 200 Å². The molecule has 0 bridgehead atoms. The number of rotatable bonds is 4. The molecule has 0 atom stereocenters. The Morgan fingerprint density at radius 2 is 1.76 bits per heavy atom. The number of benzene rings is 2. The Kier molecular flexibility index (Phi) is 6.15. The minimum absolute atomic E-state index is 0.00702. The summed E-state index contributed by atoms with van der Waals surface area (Å²) in [5.41, 5.74) is 4.01. The maximum Gasteiger partial charge on any atom is 0.340 e. The summed E-state index contributed by atoms with van der Waals surface area (Å²) < 4.78 is 74.1. The highest BCUT2D eigenvalue weighted by Gasteiger charge is 2.42. The van der Waals surface area contributed by atoms with Crippen molar-refractivity contribution in [2.24, 2.45) is 5.73 Å². The quantitative estimate of drug-likeness (QED) is 0.583. The number of carbonyl (C=O) groups excluding carboxylic acids is 1. The monoisotopic (exact) mass is 524 g/mol. The van der Waals surface area contributed by atoms with Crippen LogP contribution in [0.3, 0.4) is 0 Å². The van der Waals surface area contributed by atoms with Gasteiger partial charge in [-0.15, -0.1) is 0 Å². The molecule has 0 aromatic heterocycles. The fourth-order valence-electron chi connectivity index (χ4n) is 3.81. The van der Waals surface area contributed by atoms with Crippen LogP contribution in [-0.4, -0.2) is 36.0 Å². The zero-order valence-corrected chi connectivity index (χ0v) is 20.0. The summed E-state index contributed by atoms with van der Waals surface area (Å²) in [6.07, 6.45) is 0. The molecule has 178 valence electrons. The lowest BCUT2D eigenvalue weighted by Gasteiger charge is -2.27. The van der Waals surface area contributed by atoms with E-state index in [9.17, 15) is 21.6 Å². The van der Waals surface area contributed by atoms with Gasteiger partial charge < -0.3 is 15.8 Å². The third-order valence-corrected chi connectivity index (χ3v) is 9.03. The van der Waals surface area contributed by atoms with E-state index in [1.807, 2.05) is 0 Å². The first kappa shape index (κ1) is 24.1. The van der Waals surface area contributed by atoms with Gasteiger partial charge in [0.25, 0.3) is 0 Å². The number of sulfone groups is 2. The highest BCUT2D eigenvalue weighted by molar-refractivity contribution is 7.99. The SMILES string of the molecule is CC1=C(C(=O)OCCN)C(c2c(F)cccc2Cl)=C2C(=CS(=O)(=O)c3ccccc3S2(=O)=O)N1. The topological polar surface area (TPSA) is 133 Å². The zero-order chi connectivity index (χ0) is 24.8. The lowest BCUT2D eigenvalue weighted by atomic mass is 9.92. The third kappa shape index (κ3) is 3.84. The molecule has 0 aliphatic carbocycles. The van der Waals surface area contributed by atoms with E-state index in [-0.39, 0.29) is 40.7 Å². The molecule has 34 heavy (non-hydrogen) atoms. The molecule has 0 spiro atoms. The Morgan fingerprint density at radius 1 is 1.09 bits per heavy atom. The summed E-state index contributed by atoms with van der Waals surface area (Å²) in [5.74, 6) is -1.89. The smallest absolute Gasteiger partial charge is 0.340 e. The van der Waals surface area contributed by atoms with Crippen LogP contribution >= 0.6 is 11.6 Å². The maximum atomic E-state index is 15.1. The second-order valence-corrected chi connectivity index (χ2v) is 11.4. The number of hydrogen-bond acceptors (Lipinski definition) is 8. The molecular formula is C22H18ClFN2O6S2. The van der Waals surface area contributed by atoms with Gasteiger partial charge in [0.05, 0.1) is 31.5 Å². The maximum absolute atomic E-state index is 15.1. The van der Waals surface area contributed by atoms with E-state index in [1.165, 1.54) is 31.2 Å². The van der Waals surface area contributed by atoms with Gasteiger partial charge in [0.1, 0.15) is 17.3 Å². The Morgan fingerprint density at radius 3 is 2.41 bits per heavy atom. The molecule has 4 rings (SSSR count). The predicted octanol–water partition coefficient (Wildman–Crippen LogP) is 2.67. The summed E-state index contributed by atoms with van der Waals surface area (Å²) in [7, 11) is -8.85. The van der Waals surface area contributed by atoms with Crippen LogP contribution in [0.2, 0.25) is 5.02 Å². The minimum Gasteiger partial charge on any atom is -0.461 e. The normalized spacial score (nSPS) is 18.3. The highest BCUT2D eigenvalue weighted by Crippen LogP contribution is 2.46. The van der Waals surface area contributed by atoms with Crippen molar-refractivity contribution in [3.8, 4) is 0 Å². The Bertz CT molecular complexity index is 1520. The molecule has 0 fully saturated rings. The zero-order valence-electron chi connectivity index (χ0n) is 17.6. The molecule has 0 saturated heterocycles. The van der Waals surface area contributed by atoms with Gasteiger partial charge in [-0.1, -0.05) is 29.8 Å². The van der Waals surface area contributed by atoms with Crippen LogP contribution in [0.5, 0.6) is 0 Å². The predicted molar refractivity (Wildman–Crippen MR) is 123 cm³/mol. The number of fused-ring (bicyclic) bond motifs is 2. The van der Waals surface area contributed by atoms with Crippen LogP contribution in [0.1, 0.15) is 12.5 Å². The van der Waals surface area contributed by atoms with Gasteiger partial charge in [-0.2, -0.15) is 0 Å². The third-order valence-electron chi connectivity index (χ3n) is 5.17. The van der Waals surface area contributed by atoms with Crippen LogP contribution in [0, 0.1) is 5.82 Å². The van der Waals surface area contributed by atoms with Gasteiger partial charge in [0.2, 0.25) is 19.7 Å². The number of hydrogen-bond donors (Lipinski definition) is 2. The van der Waals surface area contributed by atoms with Crippen LogP contribution in [-0.2, 0) is 29.2 Å². The van der Waals surface area contributed by atoms with Crippen LogP contribution in [0.25, 0.3) is 5.57 Å². The van der Waals surface area contributed by atoms with Crippen molar-refractivity contribution in [1.29, 1.82) is 0 Å². The van der Waals surface area contributed by atoms with Crippen molar-refractivity contribution in [3.63, 3.8) is 0 Å². The fourth-order valence-corrected chi connectivity index (χ4v) is 7.73. The average molecular weight is 525 g/mol. The summed E-state index contributed by atoms with van der Waals surface area (Å²) in [6, 6.07) is 8.72. The fraction of sp³-hybridized carbons (Fsp3) is 0.136. The van der Waals surface area contributed by atoms with Crippen LogP contribution in [0.15, 0.2) is 79.5 Å². The van der Waals surface area contributed by atoms with Crippen molar-refractivity contribution >= 4 is 42.8 Å². The van der Waals surface area contributed by atoms with Crippen molar-refractivity contribution in [2.45, 2.75) is 16.7 Å². The van der Waals surface area contributed by atoms with E-state index < -0.39 is 51.7 Å². The van der Waals surface area contributed by atoms with E-state index in [0.717, 1.165) is 23.6 Å². The minimum atomic E-state index is -4.61. The lowest BCUT2D eigenvalue weighted by molar-refractivity contribution is -0.138. The van der Waals surface area contributed by atoms with Gasteiger partial charge >= 0.3 is 5.97 Å². The number of ether oxygens (including phenoxy) is 1. The highest BCUT2D eigenvalue weighted by atomic mass is 35.5. The van der Waals surface area contributed by atoms with E-state index in [1.54, 1.807) is 0 Å². The summed E-state index contributed by atoms with van der Waals surface area (Å²) in [6.45, 7) is 1.21. The van der Waals surface area contributed by atoms with Crippen molar-refractivity contribution in [1.82, 2.24) is 5.32 Å². The first-order valence-corrected chi connectivity index (χ1v) is 13.3. The van der Waals surface area contributed by atoms with Gasteiger partial charge in [-0.3, -0.25) is 0 Å². The molecule has 0 radical (unpaired) electrons. The number of carbonyl (C=O) groups is 1. The van der Waals surface area contributed by atoms with Gasteiger partial charge in [0, 0.05) is 23.4 Å². The largest absolute Gasteiger partial charge is 0.461 e. The number of nitrogens with two attached hydrogens (primary N) is 1. The Hall–Kier alpha value is -2.99.